The molecular formula is C52H35NS. The van der Waals surface area contributed by atoms with Crippen LogP contribution in [0.3, 0.4) is 0 Å². The molecule has 10 aromatic rings. The number of hydrogen-bond donors (Lipinski definition) is 0. The molecular weight excluding hydrogens is 671 g/mol. The molecule has 1 heterocycles. The third-order valence-electron chi connectivity index (χ3n) is 10.4. The zero-order chi connectivity index (χ0) is 35.8. The first kappa shape index (κ1) is 32.0. The lowest BCUT2D eigenvalue weighted by Gasteiger charge is -2.27. The van der Waals surface area contributed by atoms with Gasteiger partial charge in [0.1, 0.15) is 0 Å². The fraction of sp³-hybridized carbons (Fsp3) is 0. The van der Waals surface area contributed by atoms with Gasteiger partial charge in [-0.05, 0) is 99.1 Å². The first-order chi connectivity index (χ1) is 26.8. The molecule has 10 rings (SSSR count). The Morgan fingerprint density at radius 1 is 0.315 bits per heavy atom. The van der Waals surface area contributed by atoms with Crippen LogP contribution in [0, 0.1) is 0 Å². The summed E-state index contributed by atoms with van der Waals surface area (Å²) >= 11 is 1.89. The zero-order valence-electron chi connectivity index (χ0n) is 29.6. The molecule has 0 aliphatic rings. The minimum atomic E-state index is 1.13. The summed E-state index contributed by atoms with van der Waals surface area (Å²) < 4.78 is 2.61. The first-order valence-corrected chi connectivity index (χ1v) is 19.2. The van der Waals surface area contributed by atoms with Crippen molar-refractivity contribution in [3.05, 3.63) is 212 Å². The molecule has 9 aromatic carbocycles. The Morgan fingerprint density at radius 3 is 1.33 bits per heavy atom. The van der Waals surface area contributed by atoms with Crippen molar-refractivity contribution in [3.8, 4) is 44.5 Å². The van der Waals surface area contributed by atoms with E-state index in [1.165, 1.54) is 81.1 Å². The maximum atomic E-state index is 2.43. The Bertz CT molecular complexity index is 2800. The molecule has 2 heteroatoms. The number of nitrogens with zero attached hydrogens (tertiary/aromatic N) is 1. The maximum Gasteiger partial charge on any atom is 0.0547 e. The van der Waals surface area contributed by atoms with Crippen molar-refractivity contribution in [1.82, 2.24) is 0 Å². The van der Waals surface area contributed by atoms with Gasteiger partial charge in [0.2, 0.25) is 0 Å². The van der Waals surface area contributed by atoms with E-state index in [1.807, 2.05) is 11.3 Å². The summed E-state index contributed by atoms with van der Waals surface area (Å²) in [5.41, 5.74) is 13.2. The maximum absolute atomic E-state index is 2.43. The van der Waals surface area contributed by atoms with Crippen LogP contribution in [0.2, 0.25) is 0 Å². The number of thiophene rings is 1. The molecule has 0 atom stereocenters. The third-order valence-corrected chi connectivity index (χ3v) is 11.6. The number of benzene rings is 9. The van der Waals surface area contributed by atoms with Crippen LogP contribution >= 0.6 is 11.3 Å². The number of fused-ring (bicyclic) bond motifs is 5. The van der Waals surface area contributed by atoms with Gasteiger partial charge in [0.25, 0.3) is 0 Å². The molecule has 0 N–H and O–H groups in total. The lowest BCUT2D eigenvalue weighted by atomic mass is 9.92. The SMILES string of the molecule is c1ccc(-c2cc(-c3ccccc3)cc(-c3ccc(-c4cccc5sc6c7ccccc7c(N(c7ccccc7)c7ccccc7)cc6c45)cc3)c2)cc1. The third kappa shape index (κ3) is 5.74. The van der Waals surface area contributed by atoms with Crippen LogP contribution in [0.5, 0.6) is 0 Å². The van der Waals surface area contributed by atoms with Crippen LogP contribution in [0.4, 0.5) is 17.1 Å². The highest BCUT2D eigenvalue weighted by molar-refractivity contribution is 7.26. The van der Waals surface area contributed by atoms with Gasteiger partial charge < -0.3 is 4.90 Å². The van der Waals surface area contributed by atoms with Crippen molar-refractivity contribution in [2.45, 2.75) is 0 Å². The molecule has 0 aliphatic carbocycles. The van der Waals surface area contributed by atoms with Crippen molar-refractivity contribution in [2.24, 2.45) is 0 Å². The standard InChI is InChI=1S/C52H35NS/c1-5-16-36(17-6-1)40-32-41(37-18-7-2-8-19-37)34-42(33-40)38-28-30-39(31-29-38)45-26-15-27-50-51(45)48-35-49(46-24-13-14-25-47(46)52(48)54-50)53(43-20-9-3-10-21-43)44-22-11-4-12-23-44/h1-35H. The number of rotatable bonds is 7. The molecule has 0 fully saturated rings. The van der Waals surface area contributed by atoms with Gasteiger partial charge in [0, 0.05) is 42.3 Å². The Morgan fingerprint density at radius 2 is 0.778 bits per heavy atom. The fourth-order valence-electron chi connectivity index (χ4n) is 7.87. The predicted molar refractivity (Wildman–Crippen MR) is 233 cm³/mol. The van der Waals surface area contributed by atoms with E-state index in [0.29, 0.717) is 0 Å². The molecule has 1 aromatic heterocycles. The molecule has 0 saturated heterocycles. The molecule has 0 aliphatic heterocycles. The monoisotopic (exact) mass is 705 g/mol. The summed E-state index contributed by atoms with van der Waals surface area (Å²) in [7, 11) is 0. The molecule has 0 bridgehead atoms. The average Bonchev–Trinajstić information content (AvgIpc) is 3.64. The lowest BCUT2D eigenvalue weighted by Crippen LogP contribution is -2.10. The van der Waals surface area contributed by atoms with Gasteiger partial charge in [0.15, 0.2) is 0 Å². The smallest absolute Gasteiger partial charge is 0.0547 e. The highest BCUT2D eigenvalue weighted by Gasteiger charge is 2.20. The summed E-state index contributed by atoms with van der Waals surface area (Å²) in [4.78, 5) is 2.40. The zero-order valence-corrected chi connectivity index (χ0v) is 30.4. The van der Waals surface area contributed by atoms with Gasteiger partial charge in [-0.15, -0.1) is 11.3 Å². The fourth-order valence-corrected chi connectivity index (χ4v) is 9.11. The highest BCUT2D eigenvalue weighted by Crippen LogP contribution is 2.48. The van der Waals surface area contributed by atoms with Crippen LogP contribution in [0.15, 0.2) is 212 Å². The van der Waals surface area contributed by atoms with E-state index in [9.17, 15) is 0 Å². The van der Waals surface area contributed by atoms with E-state index in [4.69, 9.17) is 0 Å². The van der Waals surface area contributed by atoms with Gasteiger partial charge >= 0.3 is 0 Å². The average molecular weight is 706 g/mol. The van der Waals surface area contributed by atoms with E-state index in [1.54, 1.807) is 0 Å². The van der Waals surface area contributed by atoms with Crippen LogP contribution in [0.1, 0.15) is 0 Å². The Balaban J connectivity index is 1.13. The quantitative estimate of drug-likeness (QED) is 0.160. The van der Waals surface area contributed by atoms with Gasteiger partial charge in [-0.25, -0.2) is 0 Å². The minimum Gasteiger partial charge on any atom is -0.310 e. The van der Waals surface area contributed by atoms with Gasteiger partial charge in [-0.2, -0.15) is 0 Å². The second kappa shape index (κ2) is 13.7. The highest BCUT2D eigenvalue weighted by atomic mass is 32.1. The van der Waals surface area contributed by atoms with E-state index in [0.717, 1.165) is 11.4 Å². The van der Waals surface area contributed by atoms with E-state index in [2.05, 4.69) is 217 Å². The number of hydrogen-bond acceptors (Lipinski definition) is 2. The van der Waals surface area contributed by atoms with Crippen molar-refractivity contribution < 1.29 is 0 Å². The Kier molecular flexibility index (Phi) is 8.09. The normalized spacial score (nSPS) is 11.3. The molecule has 0 amide bonds. The predicted octanol–water partition coefficient (Wildman–Crippen LogP) is 15.3. The van der Waals surface area contributed by atoms with Gasteiger partial charge in [-0.3, -0.25) is 0 Å². The Hall–Kier alpha value is -6.74. The van der Waals surface area contributed by atoms with Crippen molar-refractivity contribution in [2.75, 3.05) is 4.90 Å². The van der Waals surface area contributed by atoms with Crippen molar-refractivity contribution in [3.63, 3.8) is 0 Å². The van der Waals surface area contributed by atoms with E-state index >= 15 is 0 Å². The minimum absolute atomic E-state index is 1.13. The van der Waals surface area contributed by atoms with E-state index in [-0.39, 0.29) is 0 Å². The lowest BCUT2D eigenvalue weighted by molar-refractivity contribution is 1.30. The molecule has 0 saturated carbocycles. The molecule has 0 unspecified atom stereocenters. The summed E-state index contributed by atoms with van der Waals surface area (Å²) in [5.74, 6) is 0. The van der Waals surface area contributed by atoms with Gasteiger partial charge in [0.05, 0.1) is 5.69 Å². The molecule has 254 valence electrons. The summed E-state index contributed by atoms with van der Waals surface area (Å²) in [6, 6.07) is 77.0. The van der Waals surface area contributed by atoms with Crippen LogP contribution in [-0.4, -0.2) is 0 Å². The summed E-state index contributed by atoms with van der Waals surface area (Å²) in [6.07, 6.45) is 0. The second-order valence-corrected chi connectivity index (χ2v) is 14.8. The summed E-state index contributed by atoms with van der Waals surface area (Å²) in [5, 5.41) is 5.10. The number of para-hydroxylation sites is 2. The first-order valence-electron chi connectivity index (χ1n) is 18.4. The van der Waals surface area contributed by atoms with Crippen LogP contribution in [-0.2, 0) is 0 Å². The second-order valence-electron chi connectivity index (χ2n) is 13.7. The van der Waals surface area contributed by atoms with Crippen LogP contribution in [0.25, 0.3) is 75.5 Å². The summed E-state index contributed by atoms with van der Waals surface area (Å²) in [6.45, 7) is 0. The largest absolute Gasteiger partial charge is 0.310 e. The number of anilines is 3. The molecule has 0 spiro atoms. The van der Waals surface area contributed by atoms with E-state index < -0.39 is 0 Å². The van der Waals surface area contributed by atoms with Crippen LogP contribution < -0.4 is 4.90 Å². The van der Waals surface area contributed by atoms with Gasteiger partial charge in [-0.1, -0.05) is 158 Å². The molecule has 0 radical (unpaired) electrons. The Labute approximate surface area is 319 Å². The molecule has 1 nitrogen and oxygen atoms in total. The van der Waals surface area contributed by atoms with Crippen molar-refractivity contribution >= 4 is 59.3 Å². The van der Waals surface area contributed by atoms with Crippen molar-refractivity contribution in [1.29, 1.82) is 0 Å². The molecule has 54 heavy (non-hydrogen) atoms. The topological polar surface area (TPSA) is 3.24 Å².